The molecule has 0 spiro atoms. The predicted octanol–water partition coefficient (Wildman–Crippen LogP) is 0.228. The van der Waals surface area contributed by atoms with Gasteiger partial charge in [-0.25, -0.2) is 0 Å². The SMILES string of the molecule is O=S(=O)(O)O.[Pd].[Pd][I]. The van der Waals surface area contributed by atoms with Gasteiger partial charge in [0.15, 0.2) is 0 Å². The summed E-state index contributed by atoms with van der Waals surface area (Å²) >= 11 is 4.72. The zero-order valence-corrected chi connectivity index (χ0v) is 9.21. The van der Waals surface area contributed by atoms with E-state index in [1.165, 1.54) is 0 Å². The minimum absolute atomic E-state index is 0. The quantitative estimate of drug-likeness (QED) is 0.323. The van der Waals surface area contributed by atoms with Crippen LogP contribution in [-0.2, 0) is 46.4 Å². The van der Waals surface area contributed by atoms with Crippen LogP contribution in [0.5, 0.6) is 0 Å². The first-order valence-electron chi connectivity index (χ1n) is 0.818. The molecule has 2 N–H and O–H groups in total. The van der Waals surface area contributed by atoms with Gasteiger partial charge in [0.25, 0.3) is 0 Å². The zero-order chi connectivity index (χ0) is 6.50. The zero-order valence-electron chi connectivity index (χ0n) is 3.13. The van der Waals surface area contributed by atoms with Gasteiger partial charge in [-0.05, 0) is 0 Å². The van der Waals surface area contributed by atoms with Crippen molar-refractivity contribution in [2.24, 2.45) is 0 Å². The number of hydrogen-bond donors (Lipinski definition) is 2. The Morgan fingerprint density at radius 2 is 1.25 bits per heavy atom. The fourth-order valence-electron chi connectivity index (χ4n) is 0. The first-order valence-corrected chi connectivity index (χ1v) is 6.84. The molecule has 0 heterocycles. The summed E-state index contributed by atoms with van der Waals surface area (Å²) in [6.45, 7) is 0. The molecule has 0 fully saturated rings. The second-order valence-corrected chi connectivity index (χ2v) is 1.34. The van der Waals surface area contributed by atoms with Crippen LogP contribution in [0.4, 0.5) is 0 Å². The molecule has 8 heteroatoms. The van der Waals surface area contributed by atoms with Crippen LogP contribution in [0.1, 0.15) is 0 Å². The molecule has 0 aliphatic heterocycles. The molecule has 0 bridgehead atoms. The molecule has 0 amide bonds. The molecule has 4 nitrogen and oxygen atoms in total. The molecule has 0 aliphatic carbocycles. The summed E-state index contributed by atoms with van der Waals surface area (Å²) in [5.41, 5.74) is 0. The van der Waals surface area contributed by atoms with Gasteiger partial charge in [0.1, 0.15) is 0 Å². The van der Waals surface area contributed by atoms with Crippen LogP contribution in [-0.4, -0.2) is 17.5 Å². The molecular weight excluding hydrogens is 436 g/mol. The molecule has 0 saturated carbocycles. The molecule has 0 saturated heterocycles. The van der Waals surface area contributed by atoms with Gasteiger partial charge < -0.3 is 0 Å². The van der Waals surface area contributed by atoms with Gasteiger partial charge in [-0.3, -0.25) is 9.11 Å². The first kappa shape index (κ1) is 16.5. The Balaban J connectivity index is -0.0000000750. The van der Waals surface area contributed by atoms with Gasteiger partial charge in [0.2, 0.25) is 0 Å². The topological polar surface area (TPSA) is 74.6 Å². The Morgan fingerprint density at radius 1 is 1.25 bits per heavy atom. The van der Waals surface area contributed by atoms with Crippen LogP contribution in [0.3, 0.4) is 0 Å². The van der Waals surface area contributed by atoms with Crippen LogP contribution < -0.4 is 0 Å². The summed E-state index contributed by atoms with van der Waals surface area (Å²) in [7, 11) is -4.67. The van der Waals surface area contributed by atoms with Crippen LogP contribution in [0.2, 0.25) is 0 Å². The van der Waals surface area contributed by atoms with Gasteiger partial charge in [-0.1, -0.05) is 0 Å². The number of hydrogen-bond acceptors (Lipinski definition) is 2. The normalized spacial score (nSPS) is 8.12. The van der Waals surface area contributed by atoms with E-state index in [1.54, 1.807) is 0 Å². The van der Waals surface area contributed by atoms with Crippen molar-refractivity contribution in [2.75, 3.05) is 0 Å². The molecule has 0 aromatic heterocycles. The van der Waals surface area contributed by atoms with E-state index in [0.717, 1.165) is 0 Å². The Hall–Kier alpha value is 1.92. The Labute approximate surface area is 82.4 Å². The fourth-order valence-corrected chi connectivity index (χ4v) is 0. The average Bonchev–Trinajstić information content (AvgIpc) is 1.36. The van der Waals surface area contributed by atoms with Crippen molar-refractivity contribution in [2.45, 2.75) is 0 Å². The number of rotatable bonds is 0. The summed E-state index contributed by atoms with van der Waals surface area (Å²) in [5.74, 6) is 0. The average molecular weight is 438 g/mol. The first-order chi connectivity index (χ1) is 3.00. The van der Waals surface area contributed by atoms with Gasteiger partial charge >= 0.3 is 45.5 Å². The van der Waals surface area contributed by atoms with Gasteiger partial charge in [0.05, 0.1) is 0 Å². The van der Waals surface area contributed by atoms with E-state index in [4.69, 9.17) is 17.5 Å². The number of halogens is 1. The van der Waals surface area contributed by atoms with Gasteiger partial charge in [0, 0.05) is 20.4 Å². The van der Waals surface area contributed by atoms with Crippen LogP contribution in [0.25, 0.3) is 0 Å². The van der Waals surface area contributed by atoms with Crippen molar-refractivity contribution < 1.29 is 53.5 Å². The molecule has 8 heavy (non-hydrogen) atoms. The molecule has 0 rings (SSSR count). The van der Waals surface area contributed by atoms with Crippen LogP contribution in [0, 0.1) is 0 Å². The van der Waals surface area contributed by atoms with E-state index in [0.29, 0.717) is 0 Å². The summed E-state index contributed by atoms with van der Waals surface area (Å²) in [6, 6.07) is 0. The van der Waals surface area contributed by atoms with E-state index in [-0.39, 0.29) is 20.4 Å². The third-order valence-corrected chi connectivity index (χ3v) is 0. The molecule has 0 radical (unpaired) electrons. The maximum absolute atomic E-state index is 8.74. The van der Waals surface area contributed by atoms with Crippen molar-refractivity contribution in [3.05, 3.63) is 0 Å². The Morgan fingerprint density at radius 3 is 1.25 bits per heavy atom. The van der Waals surface area contributed by atoms with Crippen LogP contribution >= 0.6 is 19.5 Å². The standard InChI is InChI=1S/HI.H2O4S.2Pd/c;1-5(2,3)4;;/h1H;(H2,1,2,3,4);;/q;;;+1/p-1. The van der Waals surface area contributed by atoms with Crippen LogP contribution in [0.15, 0.2) is 0 Å². The van der Waals surface area contributed by atoms with E-state index in [1.807, 2.05) is 19.5 Å². The molecule has 0 unspecified atom stereocenters. The van der Waals surface area contributed by atoms with E-state index in [9.17, 15) is 0 Å². The van der Waals surface area contributed by atoms with E-state index >= 15 is 0 Å². The molecule has 0 aliphatic rings. The monoisotopic (exact) mass is 437 g/mol. The summed E-state index contributed by atoms with van der Waals surface area (Å²) in [4.78, 5) is 0. The second-order valence-electron chi connectivity index (χ2n) is 0.448. The van der Waals surface area contributed by atoms with E-state index in [2.05, 4.69) is 15.6 Å². The van der Waals surface area contributed by atoms with E-state index < -0.39 is 10.4 Å². The summed E-state index contributed by atoms with van der Waals surface area (Å²) in [6.07, 6.45) is 0. The maximum atomic E-state index is 8.74. The summed E-state index contributed by atoms with van der Waals surface area (Å²) < 4.78 is 31.6. The molecule has 0 aromatic carbocycles. The molecule has 0 atom stereocenters. The second kappa shape index (κ2) is 8.92. The van der Waals surface area contributed by atoms with Crippen molar-refractivity contribution >= 4 is 29.9 Å². The van der Waals surface area contributed by atoms with Crippen molar-refractivity contribution in [1.29, 1.82) is 0 Å². The van der Waals surface area contributed by atoms with Crippen molar-refractivity contribution in [3.63, 3.8) is 0 Å². The van der Waals surface area contributed by atoms with Crippen molar-refractivity contribution in [1.82, 2.24) is 0 Å². The minimum atomic E-state index is -4.67. The Bertz CT molecular complexity index is 97.2. The molecule has 59 valence electrons. The molecule has 0 aromatic rings. The van der Waals surface area contributed by atoms with Gasteiger partial charge in [-0.2, -0.15) is 8.42 Å². The Kier molecular flexibility index (Phi) is 18.4. The molecular formula is H2IO4Pd2S. The summed E-state index contributed by atoms with van der Waals surface area (Å²) in [5, 5.41) is 0. The van der Waals surface area contributed by atoms with Gasteiger partial charge in [-0.15, -0.1) is 0 Å². The predicted molar refractivity (Wildman–Crippen MR) is 28.2 cm³/mol. The fraction of sp³-hybridized carbons (Fsp3) is 0. The third-order valence-electron chi connectivity index (χ3n) is 0. The third kappa shape index (κ3) is 103. The van der Waals surface area contributed by atoms with Crippen molar-refractivity contribution in [3.8, 4) is 0 Å².